The fourth-order valence-corrected chi connectivity index (χ4v) is 4.41. The van der Waals surface area contributed by atoms with Crippen LogP contribution in [0.3, 0.4) is 0 Å². The maximum atomic E-state index is 13.2. The molecule has 0 atom stereocenters. The number of ketones is 1. The van der Waals surface area contributed by atoms with Crippen LogP contribution < -0.4 is 18.9 Å². The first kappa shape index (κ1) is 22.0. The zero-order valence-corrected chi connectivity index (χ0v) is 19.6. The Labute approximate surface area is 199 Å². The Hall–Kier alpha value is -3.77. The fourth-order valence-electron chi connectivity index (χ4n) is 4.41. The molecule has 34 heavy (non-hydrogen) atoms. The first-order valence-electron chi connectivity index (χ1n) is 11.4. The number of benzene rings is 3. The lowest BCUT2D eigenvalue weighted by molar-refractivity contribution is 0.0876. The molecular formula is C28H27NO5. The largest absolute Gasteiger partial charge is 0.497 e. The summed E-state index contributed by atoms with van der Waals surface area (Å²) in [6, 6.07) is 17.6. The number of ether oxygens (including phenoxy) is 4. The predicted octanol–water partition coefficient (Wildman–Crippen LogP) is 5.37. The summed E-state index contributed by atoms with van der Waals surface area (Å²) in [7, 11) is 1.66. The number of carbonyl (C=O) groups excluding carboxylic acids is 1. The minimum Gasteiger partial charge on any atom is -0.497 e. The van der Waals surface area contributed by atoms with Crippen molar-refractivity contribution in [2.45, 2.75) is 26.9 Å². The second kappa shape index (κ2) is 9.23. The van der Waals surface area contributed by atoms with Crippen LogP contribution in [0.25, 0.3) is 6.08 Å². The van der Waals surface area contributed by atoms with E-state index >= 15 is 0 Å². The van der Waals surface area contributed by atoms with Crippen LogP contribution in [0.1, 0.15) is 39.5 Å². The van der Waals surface area contributed by atoms with E-state index in [0.717, 1.165) is 40.5 Å². The van der Waals surface area contributed by atoms with Gasteiger partial charge < -0.3 is 18.9 Å². The highest BCUT2D eigenvalue weighted by Gasteiger charge is 2.33. The van der Waals surface area contributed by atoms with Crippen molar-refractivity contribution in [2.75, 3.05) is 20.4 Å². The van der Waals surface area contributed by atoms with Gasteiger partial charge in [-0.25, -0.2) is 0 Å². The van der Waals surface area contributed by atoms with Gasteiger partial charge in [0.05, 0.1) is 19.3 Å². The number of methoxy groups -OCH3 is 1. The van der Waals surface area contributed by atoms with Crippen LogP contribution in [0.2, 0.25) is 0 Å². The number of carbonyl (C=O) groups is 1. The number of allylic oxidation sites excluding steroid dienone is 1. The highest BCUT2D eigenvalue weighted by molar-refractivity contribution is 6.15. The van der Waals surface area contributed by atoms with Gasteiger partial charge in [-0.1, -0.05) is 30.3 Å². The van der Waals surface area contributed by atoms with Crippen LogP contribution in [0, 0.1) is 6.92 Å². The Morgan fingerprint density at radius 2 is 1.88 bits per heavy atom. The van der Waals surface area contributed by atoms with Gasteiger partial charge in [0.2, 0.25) is 5.78 Å². The van der Waals surface area contributed by atoms with Gasteiger partial charge in [0, 0.05) is 29.8 Å². The van der Waals surface area contributed by atoms with Crippen molar-refractivity contribution in [1.82, 2.24) is 4.90 Å². The van der Waals surface area contributed by atoms with E-state index in [2.05, 4.69) is 17.0 Å². The first-order chi connectivity index (χ1) is 16.6. The lowest BCUT2D eigenvalue weighted by atomic mass is 9.99. The Morgan fingerprint density at radius 3 is 2.65 bits per heavy atom. The van der Waals surface area contributed by atoms with Crippen LogP contribution in [-0.2, 0) is 13.1 Å². The van der Waals surface area contributed by atoms with Crippen LogP contribution >= 0.6 is 0 Å². The van der Waals surface area contributed by atoms with Crippen molar-refractivity contribution < 1.29 is 23.7 Å². The van der Waals surface area contributed by atoms with Crippen molar-refractivity contribution >= 4 is 11.9 Å². The molecule has 0 spiro atoms. The predicted molar refractivity (Wildman–Crippen MR) is 129 cm³/mol. The molecule has 0 radical (unpaired) electrons. The third-order valence-electron chi connectivity index (χ3n) is 6.07. The second-order valence-corrected chi connectivity index (χ2v) is 8.39. The van der Waals surface area contributed by atoms with Crippen molar-refractivity contribution in [3.8, 4) is 23.0 Å². The molecule has 2 heterocycles. The van der Waals surface area contributed by atoms with Crippen LogP contribution in [0.15, 0.2) is 60.4 Å². The Bertz CT molecular complexity index is 1260. The summed E-state index contributed by atoms with van der Waals surface area (Å²) in [6.45, 7) is 6.32. The molecule has 0 aliphatic carbocycles. The van der Waals surface area contributed by atoms with Crippen molar-refractivity contribution in [3.63, 3.8) is 0 Å². The van der Waals surface area contributed by atoms with E-state index in [-0.39, 0.29) is 5.78 Å². The maximum absolute atomic E-state index is 13.2. The highest BCUT2D eigenvalue weighted by atomic mass is 16.5. The molecule has 0 amide bonds. The summed E-state index contributed by atoms with van der Waals surface area (Å²) >= 11 is 0. The van der Waals surface area contributed by atoms with Crippen molar-refractivity contribution in [2.24, 2.45) is 0 Å². The van der Waals surface area contributed by atoms with E-state index < -0.39 is 0 Å². The Balaban J connectivity index is 1.39. The standard InChI is InChI=1S/C28H27NO5/c1-4-32-24-8-6-5-7-20(24)14-25-26(30)23-13-21-16-29(15-19-9-11-22(31-3)12-10-19)17-33-27(21)18(2)28(23)34-25/h5-14H,4,15-17H2,1-3H3/b25-14-. The molecule has 0 N–H and O–H groups in total. The lowest BCUT2D eigenvalue weighted by Crippen LogP contribution is -2.32. The number of nitrogens with zero attached hydrogens (tertiary/aromatic N) is 1. The summed E-state index contributed by atoms with van der Waals surface area (Å²) in [6.07, 6.45) is 1.75. The molecule has 0 saturated carbocycles. The van der Waals surface area contributed by atoms with Gasteiger partial charge >= 0.3 is 0 Å². The van der Waals surface area contributed by atoms with Gasteiger partial charge in [-0.2, -0.15) is 0 Å². The summed E-state index contributed by atoms with van der Waals surface area (Å²) in [5.74, 6) is 3.10. The summed E-state index contributed by atoms with van der Waals surface area (Å²) in [4.78, 5) is 15.4. The summed E-state index contributed by atoms with van der Waals surface area (Å²) in [5.41, 5.74) is 4.40. The molecule has 0 fully saturated rings. The quantitative estimate of drug-likeness (QED) is 0.464. The Morgan fingerprint density at radius 1 is 1.09 bits per heavy atom. The molecule has 0 unspecified atom stereocenters. The summed E-state index contributed by atoms with van der Waals surface area (Å²) in [5, 5.41) is 0. The normalized spacial score (nSPS) is 16.0. The van der Waals surface area contributed by atoms with E-state index in [1.54, 1.807) is 13.2 Å². The van der Waals surface area contributed by atoms with E-state index in [4.69, 9.17) is 18.9 Å². The molecule has 174 valence electrons. The number of fused-ring (bicyclic) bond motifs is 2. The average Bonchev–Trinajstić information content (AvgIpc) is 3.16. The highest BCUT2D eigenvalue weighted by Crippen LogP contribution is 2.43. The van der Waals surface area contributed by atoms with E-state index in [9.17, 15) is 4.79 Å². The number of rotatable bonds is 6. The monoisotopic (exact) mass is 457 g/mol. The molecule has 2 aliphatic heterocycles. The van der Waals surface area contributed by atoms with Gasteiger partial charge in [0.15, 0.2) is 5.76 Å². The molecule has 6 heteroatoms. The average molecular weight is 458 g/mol. The summed E-state index contributed by atoms with van der Waals surface area (Å²) < 4.78 is 23.1. The molecule has 0 aromatic heterocycles. The third-order valence-corrected chi connectivity index (χ3v) is 6.07. The fraction of sp³-hybridized carbons (Fsp3) is 0.250. The topological polar surface area (TPSA) is 57.2 Å². The number of para-hydroxylation sites is 1. The third kappa shape index (κ3) is 4.13. The maximum Gasteiger partial charge on any atom is 0.231 e. The number of hydrogen-bond acceptors (Lipinski definition) is 6. The molecule has 2 aliphatic rings. The second-order valence-electron chi connectivity index (χ2n) is 8.39. The number of Topliss-reactive ketones (excluding diaryl/α,β-unsaturated/α-hetero) is 1. The van der Waals surface area contributed by atoms with E-state index in [1.165, 1.54) is 5.56 Å². The molecule has 6 nitrogen and oxygen atoms in total. The minimum atomic E-state index is -0.125. The van der Waals surface area contributed by atoms with Crippen LogP contribution in [0.5, 0.6) is 23.0 Å². The molecule has 0 bridgehead atoms. The lowest BCUT2D eigenvalue weighted by Gasteiger charge is -2.30. The van der Waals surface area contributed by atoms with Gasteiger partial charge in [0.25, 0.3) is 0 Å². The van der Waals surface area contributed by atoms with Gasteiger partial charge in [-0.05, 0) is 49.8 Å². The van der Waals surface area contributed by atoms with Gasteiger partial charge in [-0.3, -0.25) is 9.69 Å². The molecule has 3 aromatic carbocycles. The molecule has 5 rings (SSSR count). The Kier molecular flexibility index (Phi) is 5.99. The van der Waals surface area contributed by atoms with Crippen LogP contribution in [0.4, 0.5) is 0 Å². The zero-order chi connectivity index (χ0) is 23.7. The molecule has 0 saturated heterocycles. The van der Waals surface area contributed by atoms with Crippen molar-refractivity contribution in [1.29, 1.82) is 0 Å². The smallest absolute Gasteiger partial charge is 0.231 e. The molecule has 3 aromatic rings. The van der Waals surface area contributed by atoms with Gasteiger partial charge in [-0.15, -0.1) is 0 Å². The van der Waals surface area contributed by atoms with Crippen molar-refractivity contribution in [3.05, 3.63) is 88.2 Å². The van der Waals surface area contributed by atoms with E-state index in [1.807, 2.05) is 56.3 Å². The van der Waals surface area contributed by atoms with Crippen LogP contribution in [-0.4, -0.2) is 31.1 Å². The first-order valence-corrected chi connectivity index (χ1v) is 11.4. The van der Waals surface area contributed by atoms with Gasteiger partial charge in [0.1, 0.15) is 29.7 Å². The SMILES string of the molecule is CCOc1ccccc1/C=C1\Oc2c(cc3c(c2C)OCN(Cc2ccc(OC)cc2)C3)C1=O. The minimum absolute atomic E-state index is 0.125. The number of hydrogen-bond donors (Lipinski definition) is 0. The molecular weight excluding hydrogens is 430 g/mol. The van der Waals surface area contributed by atoms with E-state index in [0.29, 0.717) is 37.0 Å². The zero-order valence-electron chi connectivity index (χ0n) is 19.6.